The van der Waals surface area contributed by atoms with Crippen molar-refractivity contribution in [2.24, 2.45) is 0 Å². The Labute approximate surface area is 204 Å². The maximum absolute atomic E-state index is 14.8. The fourth-order valence-electron chi connectivity index (χ4n) is 4.68. The van der Waals surface area contributed by atoms with E-state index in [2.05, 4.69) is 20.3 Å². The molecule has 36 heavy (non-hydrogen) atoms. The largest absolute Gasteiger partial charge is 0.482 e. The standard InChI is InChI=1S/C24H25F4N7O/c1-14-21(31-32-35(14)20-7-9-33(3)12-24(20,27)28)16-10-18-22(34(13-30-18)23(25)26)19(11-16)36-15(2)17-6-4-5-8-29-17/h4-6,8,10-11,13,15,20,23H,7,9,12H2,1-3H3/t15-,20?/m1/s1. The van der Waals surface area contributed by atoms with E-state index in [-0.39, 0.29) is 29.7 Å². The van der Waals surface area contributed by atoms with Crippen LogP contribution in [0.15, 0.2) is 42.9 Å². The SMILES string of the molecule is Cc1c(-c2cc(O[C@H](C)c3ccccn3)c3c(c2)ncn3C(F)F)nnn1C1CCN(C)CC1(F)F. The van der Waals surface area contributed by atoms with E-state index in [0.29, 0.717) is 29.2 Å². The summed E-state index contributed by atoms with van der Waals surface area (Å²) in [5, 5.41) is 8.25. The lowest BCUT2D eigenvalue weighted by Gasteiger charge is -2.36. The number of ether oxygens (including phenoxy) is 1. The van der Waals surface area contributed by atoms with E-state index in [1.807, 2.05) is 0 Å². The van der Waals surface area contributed by atoms with Crippen molar-refractivity contribution in [2.75, 3.05) is 20.1 Å². The number of piperidine rings is 1. The molecule has 1 saturated heterocycles. The summed E-state index contributed by atoms with van der Waals surface area (Å²) in [6.07, 6.45) is 2.33. The summed E-state index contributed by atoms with van der Waals surface area (Å²) >= 11 is 0. The summed E-state index contributed by atoms with van der Waals surface area (Å²) in [7, 11) is 1.66. The molecule has 0 aliphatic carbocycles. The molecule has 8 nitrogen and oxygen atoms in total. The van der Waals surface area contributed by atoms with E-state index in [1.165, 1.54) is 4.68 Å². The maximum atomic E-state index is 14.8. The first-order valence-electron chi connectivity index (χ1n) is 11.5. The van der Waals surface area contributed by atoms with Gasteiger partial charge < -0.3 is 9.64 Å². The van der Waals surface area contributed by atoms with Crippen molar-refractivity contribution in [3.05, 3.63) is 54.2 Å². The number of alkyl halides is 4. The molecule has 1 fully saturated rings. The van der Waals surface area contributed by atoms with Gasteiger partial charge in [-0.25, -0.2) is 18.4 Å². The van der Waals surface area contributed by atoms with Crippen molar-refractivity contribution in [3.63, 3.8) is 0 Å². The summed E-state index contributed by atoms with van der Waals surface area (Å²) in [5.74, 6) is -2.83. The van der Waals surface area contributed by atoms with E-state index in [9.17, 15) is 17.6 Å². The lowest BCUT2D eigenvalue weighted by molar-refractivity contribution is -0.102. The molecule has 5 rings (SSSR count). The van der Waals surface area contributed by atoms with Crippen molar-refractivity contribution in [2.45, 2.75) is 44.9 Å². The van der Waals surface area contributed by atoms with Gasteiger partial charge in [0.25, 0.3) is 5.92 Å². The Hall–Kier alpha value is -3.54. The van der Waals surface area contributed by atoms with Crippen LogP contribution in [0.5, 0.6) is 5.75 Å². The zero-order valence-corrected chi connectivity index (χ0v) is 19.9. The van der Waals surface area contributed by atoms with E-state index in [0.717, 1.165) is 10.9 Å². The van der Waals surface area contributed by atoms with E-state index in [1.54, 1.807) is 62.3 Å². The number of fused-ring (bicyclic) bond motifs is 1. The number of benzene rings is 1. The second kappa shape index (κ2) is 9.16. The van der Waals surface area contributed by atoms with Gasteiger partial charge in [0.2, 0.25) is 0 Å². The predicted molar refractivity (Wildman–Crippen MR) is 124 cm³/mol. The van der Waals surface area contributed by atoms with Gasteiger partial charge in [0, 0.05) is 18.3 Å². The zero-order valence-electron chi connectivity index (χ0n) is 19.9. The Kier molecular flexibility index (Phi) is 6.15. The van der Waals surface area contributed by atoms with Crippen molar-refractivity contribution in [1.29, 1.82) is 0 Å². The van der Waals surface area contributed by atoms with Crippen molar-refractivity contribution in [1.82, 2.24) is 34.4 Å². The van der Waals surface area contributed by atoms with Crippen LogP contribution in [0.3, 0.4) is 0 Å². The lowest BCUT2D eigenvalue weighted by atomic mass is 10.0. The van der Waals surface area contributed by atoms with E-state index < -0.39 is 24.6 Å². The van der Waals surface area contributed by atoms with Crippen LogP contribution < -0.4 is 4.74 Å². The number of pyridine rings is 1. The number of aromatic nitrogens is 6. The fourth-order valence-corrected chi connectivity index (χ4v) is 4.68. The molecule has 0 N–H and O–H groups in total. The van der Waals surface area contributed by atoms with Gasteiger partial charge in [-0.1, -0.05) is 11.3 Å². The minimum atomic E-state index is -2.98. The number of rotatable bonds is 6. The Bertz CT molecular complexity index is 1370. The molecule has 0 bridgehead atoms. The molecule has 0 spiro atoms. The van der Waals surface area contributed by atoms with Crippen LogP contribution in [0.1, 0.15) is 43.4 Å². The van der Waals surface area contributed by atoms with Gasteiger partial charge in [-0.15, -0.1) is 5.10 Å². The van der Waals surface area contributed by atoms with Crippen LogP contribution in [0, 0.1) is 6.92 Å². The summed E-state index contributed by atoms with van der Waals surface area (Å²) in [5.41, 5.74) is 2.27. The smallest absolute Gasteiger partial charge is 0.320 e. The first-order valence-corrected chi connectivity index (χ1v) is 11.5. The second-order valence-corrected chi connectivity index (χ2v) is 9.06. The van der Waals surface area contributed by atoms with Crippen molar-refractivity contribution >= 4 is 11.0 Å². The Morgan fingerprint density at radius 3 is 2.67 bits per heavy atom. The highest BCUT2D eigenvalue weighted by atomic mass is 19.3. The third-order valence-electron chi connectivity index (χ3n) is 6.50. The normalized spacial score (nSPS) is 19.2. The number of halogens is 4. The molecule has 3 aromatic heterocycles. The van der Waals surface area contributed by atoms with Gasteiger partial charge in [-0.2, -0.15) is 8.78 Å². The fraction of sp³-hybridized carbons (Fsp3) is 0.417. The maximum Gasteiger partial charge on any atom is 0.320 e. The Morgan fingerprint density at radius 1 is 1.17 bits per heavy atom. The monoisotopic (exact) mass is 503 g/mol. The lowest BCUT2D eigenvalue weighted by Crippen LogP contribution is -2.48. The second-order valence-electron chi connectivity index (χ2n) is 9.06. The molecule has 1 aliphatic heterocycles. The van der Waals surface area contributed by atoms with E-state index >= 15 is 0 Å². The molecule has 0 saturated carbocycles. The highest BCUT2D eigenvalue weighted by Crippen LogP contribution is 2.40. The number of likely N-dealkylation sites (tertiary alicyclic amines) is 1. The minimum absolute atomic E-state index is 0.114. The van der Waals surface area contributed by atoms with Crippen LogP contribution in [0.2, 0.25) is 0 Å². The molecule has 0 amide bonds. The highest BCUT2D eigenvalue weighted by Gasteiger charge is 2.46. The molecular formula is C24H25F4N7O. The Balaban J connectivity index is 1.57. The Morgan fingerprint density at radius 2 is 1.97 bits per heavy atom. The third-order valence-corrected chi connectivity index (χ3v) is 6.50. The van der Waals surface area contributed by atoms with Gasteiger partial charge in [-0.05, 0) is 51.6 Å². The van der Waals surface area contributed by atoms with Crippen LogP contribution in [-0.4, -0.2) is 60.5 Å². The zero-order chi connectivity index (χ0) is 25.6. The average molecular weight is 504 g/mol. The van der Waals surface area contributed by atoms with Gasteiger partial charge in [0.05, 0.1) is 23.4 Å². The molecule has 1 unspecified atom stereocenters. The van der Waals surface area contributed by atoms with Gasteiger partial charge >= 0.3 is 6.55 Å². The molecule has 190 valence electrons. The molecule has 2 atom stereocenters. The molecule has 4 heterocycles. The summed E-state index contributed by atoms with van der Waals surface area (Å²) in [6.45, 7) is 0.737. The molecule has 4 aromatic rings. The topological polar surface area (TPSA) is 73.9 Å². The molecule has 12 heteroatoms. The van der Waals surface area contributed by atoms with Crippen molar-refractivity contribution in [3.8, 4) is 17.0 Å². The summed E-state index contributed by atoms with van der Waals surface area (Å²) < 4.78 is 65.2. The number of imidazole rings is 1. The van der Waals surface area contributed by atoms with E-state index in [4.69, 9.17) is 4.74 Å². The molecule has 1 aromatic carbocycles. The number of nitrogens with zero attached hydrogens (tertiary/aromatic N) is 7. The number of hydrogen-bond donors (Lipinski definition) is 0. The predicted octanol–water partition coefficient (Wildman–Crippen LogP) is 5.05. The molecule has 0 radical (unpaired) electrons. The summed E-state index contributed by atoms with van der Waals surface area (Å²) in [6, 6.07) is 7.36. The van der Waals surface area contributed by atoms with Crippen LogP contribution >= 0.6 is 0 Å². The van der Waals surface area contributed by atoms with Gasteiger partial charge in [-0.3, -0.25) is 9.55 Å². The number of hydrogen-bond acceptors (Lipinski definition) is 6. The van der Waals surface area contributed by atoms with Gasteiger partial charge in [0.1, 0.15) is 35.4 Å². The van der Waals surface area contributed by atoms with Crippen LogP contribution in [-0.2, 0) is 0 Å². The minimum Gasteiger partial charge on any atom is -0.482 e. The summed E-state index contributed by atoms with van der Waals surface area (Å²) in [4.78, 5) is 9.99. The highest BCUT2D eigenvalue weighted by molar-refractivity contribution is 5.87. The van der Waals surface area contributed by atoms with Crippen molar-refractivity contribution < 1.29 is 22.3 Å². The van der Waals surface area contributed by atoms with Gasteiger partial charge in [0.15, 0.2) is 0 Å². The van der Waals surface area contributed by atoms with Crippen LogP contribution in [0.4, 0.5) is 17.6 Å². The third kappa shape index (κ3) is 4.29. The molecule has 1 aliphatic rings. The first-order chi connectivity index (χ1) is 17.2. The molecular weight excluding hydrogens is 478 g/mol. The average Bonchev–Trinajstić information content (AvgIpc) is 3.43. The van der Waals surface area contributed by atoms with Crippen LogP contribution in [0.25, 0.3) is 22.3 Å². The first kappa shape index (κ1) is 24.2. The quantitative estimate of drug-likeness (QED) is 0.343.